The molecule has 2 heteroatoms. The van der Waals surface area contributed by atoms with Gasteiger partial charge in [0.05, 0.1) is 0 Å². The minimum Gasteiger partial charge on any atom is -0.351 e. The summed E-state index contributed by atoms with van der Waals surface area (Å²) >= 11 is 0. The van der Waals surface area contributed by atoms with Crippen molar-refractivity contribution >= 4 is 5.91 Å². The highest BCUT2D eigenvalue weighted by Crippen LogP contribution is 2.26. The van der Waals surface area contributed by atoms with Gasteiger partial charge in [0.25, 0.3) is 0 Å². The second-order valence-corrected chi connectivity index (χ2v) is 6.27. The van der Waals surface area contributed by atoms with Gasteiger partial charge in [-0.15, -0.1) is 0 Å². The van der Waals surface area contributed by atoms with Crippen LogP contribution in [0.25, 0.3) is 0 Å². The molecule has 0 bridgehead atoms. The molecular formula is C13H27NO. The van der Waals surface area contributed by atoms with Crippen molar-refractivity contribution in [3.63, 3.8) is 0 Å². The Morgan fingerprint density at radius 3 is 2.07 bits per heavy atom. The molecule has 0 aliphatic heterocycles. The highest BCUT2D eigenvalue weighted by atomic mass is 16.1. The zero-order valence-corrected chi connectivity index (χ0v) is 11.2. The molecule has 0 aromatic carbocycles. The zero-order valence-electron chi connectivity index (χ0n) is 11.2. The summed E-state index contributed by atoms with van der Waals surface area (Å²) in [6.45, 7) is 12.9. The Hall–Kier alpha value is -0.530. The van der Waals surface area contributed by atoms with E-state index in [1.165, 1.54) is 0 Å². The van der Waals surface area contributed by atoms with Crippen LogP contribution < -0.4 is 5.32 Å². The predicted molar refractivity (Wildman–Crippen MR) is 65.8 cm³/mol. The molecule has 0 aliphatic rings. The molecule has 0 heterocycles. The average molecular weight is 213 g/mol. The van der Waals surface area contributed by atoms with Crippen molar-refractivity contribution in [3.05, 3.63) is 0 Å². The summed E-state index contributed by atoms with van der Waals surface area (Å²) in [6.07, 6.45) is 3.71. The number of hydrogen-bond acceptors (Lipinski definition) is 1. The Balaban J connectivity index is 4.07. The van der Waals surface area contributed by atoms with Crippen LogP contribution in [-0.2, 0) is 4.79 Å². The second-order valence-electron chi connectivity index (χ2n) is 6.27. The van der Waals surface area contributed by atoms with Gasteiger partial charge in [0.1, 0.15) is 0 Å². The van der Waals surface area contributed by atoms with E-state index in [4.69, 9.17) is 0 Å². The molecule has 0 aromatic rings. The van der Waals surface area contributed by atoms with Crippen molar-refractivity contribution in [1.82, 2.24) is 5.32 Å². The van der Waals surface area contributed by atoms with Crippen LogP contribution in [0.2, 0.25) is 0 Å². The molecule has 0 aromatic heterocycles. The molecule has 0 saturated carbocycles. The van der Waals surface area contributed by atoms with Crippen LogP contribution in [0.1, 0.15) is 67.2 Å². The molecule has 0 radical (unpaired) electrons. The van der Waals surface area contributed by atoms with E-state index >= 15 is 0 Å². The highest BCUT2D eigenvalue weighted by molar-refractivity contribution is 5.76. The van der Waals surface area contributed by atoms with Gasteiger partial charge in [0, 0.05) is 12.0 Å². The lowest BCUT2D eigenvalue weighted by molar-refractivity contribution is -0.123. The van der Waals surface area contributed by atoms with Crippen molar-refractivity contribution in [2.75, 3.05) is 0 Å². The lowest BCUT2D eigenvalue weighted by Crippen LogP contribution is -2.45. The number of hydrogen-bond donors (Lipinski definition) is 1. The number of rotatable bonds is 5. The van der Waals surface area contributed by atoms with Gasteiger partial charge in [-0.1, -0.05) is 34.1 Å². The summed E-state index contributed by atoms with van der Waals surface area (Å²) in [4.78, 5) is 11.6. The quantitative estimate of drug-likeness (QED) is 0.744. The van der Waals surface area contributed by atoms with Gasteiger partial charge in [0.2, 0.25) is 5.91 Å². The standard InChI is InChI=1S/C13H27NO/c1-7-8-9-11(15)14-13(5,6)10-12(2,3)4/h7-10H2,1-6H3,(H,14,15). The van der Waals surface area contributed by atoms with E-state index in [2.05, 4.69) is 46.9 Å². The Bertz CT molecular complexity index is 201. The van der Waals surface area contributed by atoms with E-state index in [-0.39, 0.29) is 16.9 Å². The Labute approximate surface area is 94.8 Å². The van der Waals surface area contributed by atoms with E-state index in [1.807, 2.05) is 0 Å². The number of unbranched alkanes of at least 4 members (excludes halogenated alkanes) is 1. The van der Waals surface area contributed by atoms with Gasteiger partial charge in [-0.2, -0.15) is 0 Å². The highest BCUT2D eigenvalue weighted by Gasteiger charge is 2.26. The minimum atomic E-state index is -0.0942. The molecule has 0 fully saturated rings. The van der Waals surface area contributed by atoms with Gasteiger partial charge in [-0.25, -0.2) is 0 Å². The first-order chi connectivity index (χ1) is 6.66. The van der Waals surface area contributed by atoms with Crippen molar-refractivity contribution in [1.29, 1.82) is 0 Å². The summed E-state index contributed by atoms with van der Waals surface area (Å²) in [7, 11) is 0. The Morgan fingerprint density at radius 2 is 1.67 bits per heavy atom. The van der Waals surface area contributed by atoms with Gasteiger partial charge in [-0.05, 0) is 32.1 Å². The molecule has 0 unspecified atom stereocenters. The Morgan fingerprint density at radius 1 is 1.13 bits per heavy atom. The lowest BCUT2D eigenvalue weighted by Gasteiger charge is -2.33. The normalized spacial score (nSPS) is 12.7. The first kappa shape index (κ1) is 14.5. The van der Waals surface area contributed by atoms with Crippen LogP contribution >= 0.6 is 0 Å². The van der Waals surface area contributed by atoms with Gasteiger partial charge >= 0.3 is 0 Å². The van der Waals surface area contributed by atoms with E-state index in [0.717, 1.165) is 19.3 Å². The van der Waals surface area contributed by atoms with Crippen LogP contribution in [0, 0.1) is 5.41 Å². The maximum absolute atomic E-state index is 11.6. The summed E-state index contributed by atoms with van der Waals surface area (Å²) in [5.74, 6) is 0.186. The van der Waals surface area contributed by atoms with Crippen molar-refractivity contribution in [2.45, 2.75) is 72.8 Å². The van der Waals surface area contributed by atoms with Crippen molar-refractivity contribution in [3.8, 4) is 0 Å². The Kier molecular flexibility index (Phi) is 5.33. The van der Waals surface area contributed by atoms with Crippen LogP contribution in [0.5, 0.6) is 0 Å². The van der Waals surface area contributed by atoms with Crippen LogP contribution in [0.3, 0.4) is 0 Å². The van der Waals surface area contributed by atoms with E-state index in [9.17, 15) is 4.79 Å². The molecule has 1 N–H and O–H groups in total. The smallest absolute Gasteiger partial charge is 0.220 e. The van der Waals surface area contributed by atoms with Gasteiger partial charge in [-0.3, -0.25) is 4.79 Å². The van der Waals surface area contributed by atoms with Crippen LogP contribution in [-0.4, -0.2) is 11.4 Å². The maximum atomic E-state index is 11.6. The molecule has 15 heavy (non-hydrogen) atoms. The minimum absolute atomic E-state index is 0.0942. The second kappa shape index (κ2) is 5.53. The number of carbonyl (C=O) groups is 1. The van der Waals surface area contributed by atoms with E-state index < -0.39 is 0 Å². The fraction of sp³-hybridized carbons (Fsp3) is 0.923. The largest absolute Gasteiger partial charge is 0.351 e. The van der Waals surface area contributed by atoms with E-state index in [1.54, 1.807) is 0 Å². The third-order valence-electron chi connectivity index (χ3n) is 2.21. The zero-order chi connectivity index (χ0) is 12.1. The van der Waals surface area contributed by atoms with Crippen molar-refractivity contribution < 1.29 is 4.79 Å². The molecule has 0 saturated heterocycles. The fourth-order valence-corrected chi connectivity index (χ4v) is 2.15. The summed E-state index contributed by atoms with van der Waals surface area (Å²) in [5, 5.41) is 3.11. The maximum Gasteiger partial charge on any atom is 0.220 e. The predicted octanol–water partition coefficient (Wildman–Crippen LogP) is 3.51. The molecule has 1 amide bonds. The first-order valence-corrected chi connectivity index (χ1v) is 5.97. The SMILES string of the molecule is CCCCC(=O)NC(C)(C)CC(C)(C)C. The van der Waals surface area contributed by atoms with Crippen molar-refractivity contribution in [2.24, 2.45) is 5.41 Å². The van der Waals surface area contributed by atoms with Crippen LogP contribution in [0.15, 0.2) is 0 Å². The molecule has 0 spiro atoms. The van der Waals surface area contributed by atoms with Gasteiger partial charge < -0.3 is 5.32 Å². The molecule has 90 valence electrons. The molecule has 0 rings (SSSR count). The summed E-state index contributed by atoms with van der Waals surface area (Å²) < 4.78 is 0. The third-order valence-corrected chi connectivity index (χ3v) is 2.21. The van der Waals surface area contributed by atoms with Crippen LogP contribution in [0.4, 0.5) is 0 Å². The molecule has 2 nitrogen and oxygen atoms in total. The number of carbonyl (C=O) groups excluding carboxylic acids is 1. The number of nitrogens with one attached hydrogen (secondary N) is 1. The molecular weight excluding hydrogens is 186 g/mol. The monoisotopic (exact) mass is 213 g/mol. The third kappa shape index (κ3) is 8.46. The fourth-order valence-electron chi connectivity index (χ4n) is 2.15. The van der Waals surface area contributed by atoms with Gasteiger partial charge in [0.15, 0.2) is 0 Å². The van der Waals surface area contributed by atoms with E-state index in [0.29, 0.717) is 6.42 Å². The molecule has 0 aliphatic carbocycles. The lowest BCUT2D eigenvalue weighted by atomic mass is 9.82. The average Bonchev–Trinajstić information content (AvgIpc) is 1.94. The number of amides is 1. The first-order valence-electron chi connectivity index (χ1n) is 5.97. The topological polar surface area (TPSA) is 29.1 Å². The molecule has 0 atom stereocenters. The summed E-state index contributed by atoms with van der Waals surface area (Å²) in [6, 6.07) is 0. The summed E-state index contributed by atoms with van der Waals surface area (Å²) in [5.41, 5.74) is 0.157.